The molecule has 28 heavy (non-hydrogen) atoms. The number of carbonyl (C=O) groups excluding carboxylic acids is 2. The summed E-state index contributed by atoms with van der Waals surface area (Å²) in [5, 5.41) is 2.38. The molecule has 1 saturated carbocycles. The molecular weight excluding hydrogens is 365 g/mol. The molecule has 166 valence electrons. The van der Waals surface area contributed by atoms with Crippen LogP contribution in [0.25, 0.3) is 0 Å². The predicted octanol–water partition coefficient (Wildman–Crippen LogP) is 6.39. The van der Waals surface area contributed by atoms with E-state index in [1.807, 2.05) is 0 Å². The van der Waals surface area contributed by atoms with E-state index in [0.717, 1.165) is 25.7 Å². The van der Waals surface area contributed by atoms with E-state index < -0.39 is 7.26 Å². The van der Waals surface area contributed by atoms with Crippen molar-refractivity contribution in [3.63, 3.8) is 0 Å². The zero-order valence-electron chi connectivity index (χ0n) is 19.3. The van der Waals surface area contributed by atoms with E-state index in [0.29, 0.717) is 0 Å². The second-order valence-corrected chi connectivity index (χ2v) is 14.3. The molecule has 2 rings (SSSR count). The first-order chi connectivity index (χ1) is 13.5. The molecule has 2 aliphatic rings. The third-order valence-corrected chi connectivity index (χ3v) is 12.6. The van der Waals surface area contributed by atoms with Crippen LogP contribution in [0.1, 0.15) is 105 Å². The van der Waals surface area contributed by atoms with Crippen LogP contribution in [0.2, 0.25) is 0 Å². The van der Waals surface area contributed by atoms with E-state index in [1.165, 1.54) is 51.4 Å². The Bertz CT molecular complexity index is 392. The quantitative estimate of drug-likeness (QED) is 0.298. The van der Waals surface area contributed by atoms with Crippen LogP contribution in [-0.4, -0.2) is 36.5 Å². The van der Waals surface area contributed by atoms with Crippen molar-refractivity contribution in [3.8, 4) is 0 Å². The number of imide groups is 1. The minimum Gasteiger partial charge on any atom is -0.296 e. The van der Waals surface area contributed by atoms with E-state index in [9.17, 15) is 9.59 Å². The first kappa shape index (κ1) is 25.6. The molecule has 0 aromatic carbocycles. The summed E-state index contributed by atoms with van der Waals surface area (Å²) >= 11 is 0. The van der Waals surface area contributed by atoms with Gasteiger partial charge >= 0.3 is 111 Å². The van der Waals surface area contributed by atoms with Crippen molar-refractivity contribution in [3.05, 3.63) is 0 Å². The van der Waals surface area contributed by atoms with Crippen molar-refractivity contribution >= 4 is 19.1 Å². The second kappa shape index (κ2) is 14.5. The summed E-state index contributed by atoms with van der Waals surface area (Å²) in [6.07, 6.45) is 22.1. The molecular formula is C24H48NO2P. The Kier molecular flexibility index (Phi) is 13.3. The third-order valence-electron chi connectivity index (χ3n) is 6.93. The monoisotopic (exact) mass is 413 g/mol. The van der Waals surface area contributed by atoms with Gasteiger partial charge in [0.2, 0.25) is 11.8 Å². The maximum absolute atomic E-state index is 11.1. The van der Waals surface area contributed by atoms with Gasteiger partial charge in [-0.1, -0.05) is 12.8 Å². The summed E-state index contributed by atoms with van der Waals surface area (Å²) in [4.78, 5) is 22.2. The molecule has 2 amide bonds. The van der Waals surface area contributed by atoms with Gasteiger partial charge in [-0.3, -0.25) is 14.9 Å². The molecule has 0 aromatic rings. The fourth-order valence-electron chi connectivity index (χ4n) is 5.02. The van der Waals surface area contributed by atoms with Crippen molar-refractivity contribution < 1.29 is 9.59 Å². The number of nitrogens with one attached hydrogen (secondary N) is 1. The SMILES string of the molecule is CCCC[PH](CCCC)(CCCC)CCCC.O=C1NC(=O)C2CCCCC12. The van der Waals surface area contributed by atoms with Crippen LogP contribution in [0.15, 0.2) is 0 Å². The first-order valence-electron chi connectivity index (χ1n) is 12.4. The maximum Gasteiger partial charge on any atom is 0.230 e. The minimum absolute atomic E-state index is 0.0104. The largest absolute Gasteiger partial charge is 0.296 e. The Morgan fingerprint density at radius 2 is 1.00 bits per heavy atom. The molecule has 1 heterocycles. The molecule has 0 bridgehead atoms. The number of rotatable bonds is 12. The van der Waals surface area contributed by atoms with Crippen LogP contribution in [0.5, 0.6) is 0 Å². The van der Waals surface area contributed by atoms with Crippen molar-refractivity contribution in [1.82, 2.24) is 5.32 Å². The van der Waals surface area contributed by atoms with Crippen molar-refractivity contribution in [2.45, 2.75) is 105 Å². The molecule has 1 saturated heterocycles. The Morgan fingerprint density at radius 3 is 1.29 bits per heavy atom. The molecule has 0 radical (unpaired) electrons. The van der Waals surface area contributed by atoms with Crippen LogP contribution < -0.4 is 5.32 Å². The van der Waals surface area contributed by atoms with Crippen LogP contribution in [0.4, 0.5) is 0 Å². The van der Waals surface area contributed by atoms with Crippen molar-refractivity contribution in [1.29, 1.82) is 0 Å². The molecule has 0 aromatic heterocycles. The fraction of sp³-hybridized carbons (Fsp3) is 0.917. The molecule has 2 unspecified atom stereocenters. The van der Waals surface area contributed by atoms with E-state index in [1.54, 1.807) is 24.6 Å². The molecule has 0 spiro atoms. The second-order valence-electron chi connectivity index (χ2n) is 9.27. The van der Waals surface area contributed by atoms with Crippen LogP contribution >= 0.6 is 7.26 Å². The van der Waals surface area contributed by atoms with Gasteiger partial charge in [0.15, 0.2) is 0 Å². The molecule has 1 aliphatic carbocycles. The van der Waals surface area contributed by atoms with Gasteiger partial charge in [0, 0.05) is 11.8 Å². The molecule has 1 aliphatic heterocycles. The maximum atomic E-state index is 11.1. The van der Waals surface area contributed by atoms with E-state index in [-0.39, 0.29) is 23.7 Å². The first-order valence-corrected chi connectivity index (χ1v) is 15.2. The smallest absolute Gasteiger partial charge is 0.230 e. The Morgan fingerprint density at radius 1 is 0.679 bits per heavy atom. The Balaban J connectivity index is 0.000000302. The normalized spacial score (nSPS) is 22.3. The topological polar surface area (TPSA) is 46.2 Å². The fourth-order valence-corrected chi connectivity index (χ4v) is 10.9. The van der Waals surface area contributed by atoms with Crippen LogP contribution in [0.3, 0.4) is 0 Å². The van der Waals surface area contributed by atoms with Gasteiger partial charge in [0.1, 0.15) is 0 Å². The average molecular weight is 414 g/mol. The van der Waals surface area contributed by atoms with Gasteiger partial charge in [0.05, 0.1) is 0 Å². The molecule has 2 atom stereocenters. The number of fused-ring (bicyclic) bond motifs is 1. The number of hydrogen-bond donors (Lipinski definition) is 1. The van der Waals surface area contributed by atoms with Gasteiger partial charge in [0.25, 0.3) is 0 Å². The Hall–Kier alpha value is -0.430. The number of carbonyl (C=O) groups is 2. The van der Waals surface area contributed by atoms with Gasteiger partial charge in [-0.05, 0) is 12.8 Å². The molecule has 1 N–H and O–H groups in total. The predicted molar refractivity (Wildman–Crippen MR) is 126 cm³/mol. The molecule has 3 nitrogen and oxygen atoms in total. The Labute approximate surface area is 175 Å². The summed E-state index contributed by atoms with van der Waals surface area (Å²) in [6, 6.07) is 0. The van der Waals surface area contributed by atoms with E-state index in [4.69, 9.17) is 0 Å². The molecule has 2 fully saturated rings. The van der Waals surface area contributed by atoms with Gasteiger partial charge in [-0.2, -0.15) is 0 Å². The summed E-state index contributed by atoms with van der Waals surface area (Å²) in [7, 11) is -0.879. The summed E-state index contributed by atoms with van der Waals surface area (Å²) in [5.74, 6) is -0.0631. The number of unbranched alkanes of at least 4 members (excludes halogenated alkanes) is 4. The van der Waals surface area contributed by atoms with Crippen molar-refractivity contribution in [2.75, 3.05) is 24.6 Å². The summed E-state index contributed by atoms with van der Waals surface area (Å²) in [5.41, 5.74) is 0. The van der Waals surface area contributed by atoms with E-state index >= 15 is 0 Å². The third kappa shape index (κ3) is 8.52. The summed E-state index contributed by atoms with van der Waals surface area (Å²) in [6.45, 7) is 9.44. The van der Waals surface area contributed by atoms with Crippen LogP contribution in [-0.2, 0) is 9.59 Å². The van der Waals surface area contributed by atoms with Crippen molar-refractivity contribution in [2.24, 2.45) is 11.8 Å². The molecule has 4 heteroatoms. The van der Waals surface area contributed by atoms with Gasteiger partial charge in [-0.25, -0.2) is 0 Å². The van der Waals surface area contributed by atoms with Gasteiger partial charge in [-0.15, -0.1) is 0 Å². The average Bonchev–Trinajstić information content (AvgIpc) is 3.01. The zero-order valence-corrected chi connectivity index (χ0v) is 20.3. The van der Waals surface area contributed by atoms with E-state index in [2.05, 4.69) is 33.0 Å². The standard InChI is InChI=1S/C16H37P.C8H11NO2/c1-5-9-13-17(14-10-6-2,15-11-7-3)16-12-8-4;10-7-5-3-1-2-4-6(5)8(11)9-7/h17H,5-16H2,1-4H3;5-6H,1-4H2,(H,9,10,11). The minimum atomic E-state index is -0.879. The zero-order chi connectivity index (χ0) is 20.8. The number of hydrogen-bond acceptors (Lipinski definition) is 2. The van der Waals surface area contributed by atoms with Gasteiger partial charge < -0.3 is 0 Å². The van der Waals surface area contributed by atoms with Crippen LogP contribution in [0, 0.1) is 11.8 Å². The summed E-state index contributed by atoms with van der Waals surface area (Å²) < 4.78 is 0. The number of amides is 2.